The highest BCUT2D eigenvalue weighted by Gasteiger charge is 2.14. The van der Waals surface area contributed by atoms with Gasteiger partial charge in [0.05, 0.1) is 6.20 Å². The first-order valence-corrected chi connectivity index (χ1v) is 5.65. The Bertz CT molecular complexity index is 471. The van der Waals surface area contributed by atoms with E-state index >= 15 is 0 Å². The summed E-state index contributed by atoms with van der Waals surface area (Å²) < 4.78 is 5.29. The van der Waals surface area contributed by atoms with Gasteiger partial charge >= 0.3 is 0 Å². The first-order chi connectivity index (χ1) is 8.06. The summed E-state index contributed by atoms with van der Waals surface area (Å²) in [4.78, 5) is 4.08. The van der Waals surface area contributed by atoms with Gasteiger partial charge in [0.25, 0.3) is 0 Å². The topological polar surface area (TPSA) is 51.0 Å². The number of aromatic nitrogens is 2. The average Bonchev–Trinajstić information content (AvgIpc) is 2.75. The van der Waals surface area contributed by atoms with Crippen molar-refractivity contribution in [1.82, 2.24) is 15.5 Å². The van der Waals surface area contributed by atoms with Crippen LogP contribution in [0.4, 0.5) is 0 Å². The van der Waals surface area contributed by atoms with Crippen molar-refractivity contribution >= 4 is 0 Å². The second-order valence-electron chi connectivity index (χ2n) is 5.03. The van der Waals surface area contributed by atoms with Crippen LogP contribution in [-0.4, -0.2) is 15.7 Å². The Morgan fingerprint density at radius 3 is 2.76 bits per heavy atom. The van der Waals surface area contributed by atoms with Crippen molar-refractivity contribution < 1.29 is 4.52 Å². The van der Waals surface area contributed by atoms with E-state index in [1.54, 1.807) is 18.6 Å². The molecule has 0 radical (unpaired) electrons. The number of nitrogens with zero attached hydrogens (tertiary/aromatic N) is 2. The first-order valence-electron chi connectivity index (χ1n) is 5.65. The predicted octanol–water partition coefficient (Wildman–Crippen LogP) is 2.62. The van der Waals surface area contributed by atoms with Gasteiger partial charge < -0.3 is 9.84 Å². The van der Waals surface area contributed by atoms with Gasteiger partial charge in [-0.15, -0.1) is 0 Å². The molecule has 0 amide bonds. The Morgan fingerprint density at radius 2 is 2.12 bits per heavy atom. The average molecular weight is 231 g/mol. The Kier molecular flexibility index (Phi) is 3.24. The third-order valence-corrected chi connectivity index (χ3v) is 2.38. The lowest BCUT2D eigenvalue weighted by Crippen LogP contribution is -2.35. The van der Waals surface area contributed by atoms with Crippen molar-refractivity contribution in [1.29, 1.82) is 0 Å². The lowest BCUT2D eigenvalue weighted by atomic mass is 10.1. The molecule has 4 heteroatoms. The number of hydrogen-bond acceptors (Lipinski definition) is 4. The summed E-state index contributed by atoms with van der Waals surface area (Å²) in [5.41, 5.74) is 2.08. The number of pyridine rings is 1. The predicted molar refractivity (Wildman–Crippen MR) is 66.3 cm³/mol. The van der Waals surface area contributed by atoms with Crippen molar-refractivity contribution in [2.75, 3.05) is 0 Å². The van der Waals surface area contributed by atoms with E-state index in [1.165, 1.54) is 0 Å². The lowest BCUT2D eigenvalue weighted by molar-refractivity contribution is 0.418. The Morgan fingerprint density at radius 1 is 1.29 bits per heavy atom. The second-order valence-corrected chi connectivity index (χ2v) is 5.03. The normalized spacial score (nSPS) is 11.7. The first kappa shape index (κ1) is 11.8. The van der Waals surface area contributed by atoms with E-state index in [2.05, 4.69) is 36.2 Å². The van der Waals surface area contributed by atoms with Crippen LogP contribution in [-0.2, 0) is 6.54 Å². The van der Waals surface area contributed by atoms with Gasteiger partial charge in [0.1, 0.15) is 0 Å². The van der Waals surface area contributed by atoms with Gasteiger partial charge in [-0.3, -0.25) is 4.98 Å². The summed E-state index contributed by atoms with van der Waals surface area (Å²) in [5, 5.41) is 7.27. The third kappa shape index (κ3) is 3.14. The minimum atomic E-state index is 0.0729. The van der Waals surface area contributed by atoms with E-state index in [9.17, 15) is 0 Å². The van der Waals surface area contributed by atoms with Crippen LogP contribution in [0.3, 0.4) is 0 Å². The van der Waals surface area contributed by atoms with E-state index < -0.39 is 0 Å². The van der Waals surface area contributed by atoms with E-state index in [1.807, 2.05) is 12.1 Å². The number of rotatable bonds is 3. The molecule has 0 aliphatic rings. The van der Waals surface area contributed by atoms with E-state index in [0.717, 1.165) is 23.4 Å². The zero-order valence-corrected chi connectivity index (χ0v) is 10.4. The van der Waals surface area contributed by atoms with Crippen LogP contribution >= 0.6 is 0 Å². The fourth-order valence-electron chi connectivity index (χ4n) is 1.48. The molecule has 0 unspecified atom stereocenters. The minimum Gasteiger partial charge on any atom is -0.356 e. The van der Waals surface area contributed by atoms with Crippen molar-refractivity contribution in [3.63, 3.8) is 0 Å². The quantitative estimate of drug-likeness (QED) is 0.882. The summed E-state index contributed by atoms with van der Waals surface area (Å²) in [6, 6.07) is 3.85. The van der Waals surface area contributed by atoms with Crippen LogP contribution in [0.25, 0.3) is 11.3 Å². The highest BCUT2D eigenvalue weighted by atomic mass is 16.5. The summed E-state index contributed by atoms with van der Waals surface area (Å²) >= 11 is 0. The molecule has 1 N–H and O–H groups in total. The summed E-state index contributed by atoms with van der Waals surface area (Å²) in [6.45, 7) is 7.12. The van der Waals surface area contributed by atoms with Gasteiger partial charge in [-0.1, -0.05) is 5.16 Å². The molecule has 0 aliphatic heterocycles. The molecule has 0 fully saturated rings. The molecule has 90 valence electrons. The van der Waals surface area contributed by atoms with Crippen molar-refractivity contribution in [3.8, 4) is 11.3 Å². The van der Waals surface area contributed by atoms with Crippen LogP contribution in [0.5, 0.6) is 0 Å². The maximum atomic E-state index is 5.29. The standard InChI is InChI=1S/C13H17N3O/c1-13(2,3)15-8-11-9-16-17-12(11)10-5-4-6-14-7-10/h4-7,9,15H,8H2,1-3H3. The van der Waals surface area contributed by atoms with Crippen molar-refractivity contribution in [2.24, 2.45) is 0 Å². The molecule has 4 nitrogen and oxygen atoms in total. The molecule has 0 saturated heterocycles. The SMILES string of the molecule is CC(C)(C)NCc1cnoc1-c1cccnc1. The molecule has 0 atom stereocenters. The molecule has 2 aromatic heterocycles. The highest BCUT2D eigenvalue weighted by Crippen LogP contribution is 2.22. The smallest absolute Gasteiger partial charge is 0.172 e. The molecule has 2 rings (SSSR count). The Hall–Kier alpha value is -1.68. The van der Waals surface area contributed by atoms with Gasteiger partial charge in [0.15, 0.2) is 5.76 Å². The number of hydrogen-bond donors (Lipinski definition) is 1. The highest BCUT2D eigenvalue weighted by molar-refractivity contribution is 5.59. The Labute approximate surface area is 101 Å². The minimum absolute atomic E-state index is 0.0729. The molecular weight excluding hydrogens is 214 g/mol. The van der Waals surface area contributed by atoms with E-state index in [4.69, 9.17) is 4.52 Å². The molecular formula is C13H17N3O. The van der Waals surface area contributed by atoms with E-state index in [-0.39, 0.29) is 5.54 Å². The van der Waals surface area contributed by atoms with Crippen molar-refractivity contribution in [3.05, 3.63) is 36.3 Å². The summed E-state index contributed by atoms with van der Waals surface area (Å²) in [5.74, 6) is 0.787. The second kappa shape index (κ2) is 4.67. The fourth-order valence-corrected chi connectivity index (χ4v) is 1.48. The summed E-state index contributed by atoms with van der Waals surface area (Å²) in [7, 11) is 0. The van der Waals surface area contributed by atoms with Crippen LogP contribution in [0.15, 0.2) is 35.2 Å². The van der Waals surface area contributed by atoms with Gasteiger partial charge in [0, 0.05) is 35.6 Å². The van der Waals surface area contributed by atoms with Gasteiger partial charge in [-0.25, -0.2) is 0 Å². The van der Waals surface area contributed by atoms with Crippen LogP contribution in [0.1, 0.15) is 26.3 Å². The number of nitrogens with one attached hydrogen (secondary N) is 1. The molecule has 2 heterocycles. The van der Waals surface area contributed by atoms with Gasteiger partial charge in [-0.2, -0.15) is 0 Å². The van der Waals surface area contributed by atoms with Crippen LogP contribution in [0, 0.1) is 0 Å². The summed E-state index contributed by atoms with van der Waals surface area (Å²) in [6.07, 6.45) is 5.27. The van der Waals surface area contributed by atoms with Gasteiger partial charge in [-0.05, 0) is 32.9 Å². The molecule has 2 aromatic rings. The molecule has 17 heavy (non-hydrogen) atoms. The fraction of sp³-hybridized carbons (Fsp3) is 0.385. The molecule has 0 spiro atoms. The Balaban J connectivity index is 2.18. The zero-order chi connectivity index (χ0) is 12.3. The molecule has 0 saturated carbocycles. The lowest BCUT2D eigenvalue weighted by Gasteiger charge is -2.20. The monoisotopic (exact) mass is 231 g/mol. The van der Waals surface area contributed by atoms with Crippen LogP contribution in [0.2, 0.25) is 0 Å². The maximum Gasteiger partial charge on any atom is 0.172 e. The third-order valence-electron chi connectivity index (χ3n) is 2.38. The zero-order valence-electron chi connectivity index (χ0n) is 10.4. The van der Waals surface area contributed by atoms with Crippen LogP contribution < -0.4 is 5.32 Å². The molecule has 0 aliphatic carbocycles. The van der Waals surface area contributed by atoms with Gasteiger partial charge in [0.2, 0.25) is 0 Å². The van der Waals surface area contributed by atoms with E-state index in [0.29, 0.717) is 0 Å². The maximum absolute atomic E-state index is 5.29. The van der Waals surface area contributed by atoms with Crippen molar-refractivity contribution in [2.45, 2.75) is 32.9 Å². The molecule has 0 aromatic carbocycles. The molecule has 0 bridgehead atoms. The largest absolute Gasteiger partial charge is 0.356 e.